The van der Waals surface area contributed by atoms with Gasteiger partial charge in [-0.2, -0.15) is 0 Å². The van der Waals surface area contributed by atoms with Gasteiger partial charge in [0, 0.05) is 13.2 Å². The fourth-order valence-corrected chi connectivity index (χ4v) is 11.4. The highest BCUT2D eigenvalue weighted by Gasteiger charge is 2.47. The second-order valence-corrected chi connectivity index (χ2v) is 16.6. The van der Waals surface area contributed by atoms with E-state index in [-0.39, 0.29) is 0 Å². The topological polar surface area (TPSA) is 27.7 Å². The van der Waals surface area contributed by atoms with E-state index in [1.165, 1.54) is 0 Å². The summed E-state index contributed by atoms with van der Waals surface area (Å²) in [6, 6.07) is 0.845. The van der Waals surface area contributed by atoms with Crippen molar-refractivity contribution in [1.29, 1.82) is 0 Å². The Labute approximate surface area is 115 Å². The van der Waals surface area contributed by atoms with Gasteiger partial charge in [-0.25, -0.2) is 0 Å². The first-order valence-electron chi connectivity index (χ1n) is 6.38. The van der Waals surface area contributed by atoms with Crippen LogP contribution in [0.2, 0.25) is 32.2 Å². The molecule has 0 atom stereocenters. The first-order valence-corrected chi connectivity index (χ1v) is 14.3. The molecule has 0 aliphatic rings. The molecule has 0 N–H and O–H groups in total. The molecule has 0 heterocycles. The quantitative estimate of drug-likeness (QED) is 0.605. The van der Waals surface area contributed by atoms with Crippen LogP contribution in [-0.2, 0) is 12.7 Å². The van der Waals surface area contributed by atoms with Gasteiger partial charge in [0.05, 0.1) is 0 Å². The molecule has 6 heteroatoms. The second-order valence-electron chi connectivity index (χ2n) is 5.46. The standard InChI is InChI=1S/C12H28O3Si3/c1-9-12-18(13-4,14-16(5,6)10-2)15-17(7,8)11-3/h10-11H,2-3,9,12H2,1,4-8H3. The number of hydrogen-bond donors (Lipinski definition) is 0. The molecule has 0 fully saturated rings. The minimum atomic E-state index is -2.60. The third-order valence-corrected chi connectivity index (χ3v) is 13.1. The predicted molar refractivity (Wildman–Crippen MR) is 85.4 cm³/mol. The fraction of sp³-hybridized carbons (Fsp3) is 0.667. The van der Waals surface area contributed by atoms with E-state index in [4.69, 9.17) is 12.7 Å². The summed E-state index contributed by atoms with van der Waals surface area (Å²) in [4.78, 5) is 0. The lowest BCUT2D eigenvalue weighted by Gasteiger charge is -2.38. The molecule has 0 radical (unpaired) electrons. The van der Waals surface area contributed by atoms with E-state index in [9.17, 15) is 0 Å². The molecule has 0 unspecified atom stereocenters. The highest BCUT2D eigenvalue weighted by atomic mass is 28.5. The molecule has 0 saturated heterocycles. The summed E-state index contributed by atoms with van der Waals surface area (Å²) in [5, 5.41) is 0. The highest BCUT2D eigenvalue weighted by Crippen LogP contribution is 2.26. The minimum absolute atomic E-state index is 0.845. The van der Waals surface area contributed by atoms with Crippen LogP contribution in [0.5, 0.6) is 0 Å². The largest absolute Gasteiger partial charge is 0.480 e. The van der Waals surface area contributed by atoms with E-state index in [0.29, 0.717) is 0 Å². The predicted octanol–water partition coefficient (Wildman–Crippen LogP) is 3.88. The Bertz CT molecular complexity index is 268. The zero-order chi connectivity index (χ0) is 14.4. The van der Waals surface area contributed by atoms with Gasteiger partial charge in [0.25, 0.3) is 0 Å². The number of hydrogen-bond acceptors (Lipinski definition) is 3. The normalized spacial score (nSPS) is 13.4. The molecule has 0 bridgehead atoms. The molecule has 0 aliphatic carbocycles. The molecule has 18 heavy (non-hydrogen) atoms. The number of rotatable bonds is 9. The Kier molecular flexibility index (Phi) is 6.98. The van der Waals surface area contributed by atoms with Crippen molar-refractivity contribution in [3.63, 3.8) is 0 Å². The molecule has 3 nitrogen and oxygen atoms in total. The Hall–Kier alpha value is 0.0106. The van der Waals surface area contributed by atoms with Gasteiger partial charge >= 0.3 is 8.80 Å². The van der Waals surface area contributed by atoms with Gasteiger partial charge in [-0.15, -0.1) is 13.2 Å². The van der Waals surface area contributed by atoms with E-state index >= 15 is 0 Å². The lowest BCUT2D eigenvalue weighted by atomic mass is 10.6. The van der Waals surface area contributed by atoms with Crippen LogP contribution in [0.25, 0.3) is 0 Å². The lowest BCUT2D eigenvalue weighted by Crippen LogP contribution is -2.56. The molecular formula is C12H28O3Si3. The molecular weight excluding hydrogens is 276 g/mol. The summed E-state index contributed by atoms with van der Waals surface area (Å²) in [7, 11) is -4.74. The van der Waals surface area contributed by atoms with Crippen molar-refractivity contribution in [2.24, 2.45) is 0 Å². The maximum atomic E-state index is 6.30. The molecule has 0 aliphatic heterocycles. The first-order chi connectivity index (χ1) is 8.16. The zero-order valence-corrected chi connectivity index (χ0v) is 15.7. The van der Waals surface area contributed by atoms with Gasteiger partial charge in [-0.05, 0) is 26.2 Å². The van der Waals surface area contributed by atoms with Crippen LogP contribution in [0, 0.1) is 0 Å². The van der Waals surface area contributed by atoms with Crippen LogP contribution < -0.4 is 0 Å². The van der Waals surface area contributed by atoms with Crippen molar-refractivity contribution in [3.05, 3.63) is 24.6 Å². The van der Waals surface area contributed by atoms with Crippen LogP contribution in [0.3, 0.4) is 0 Å². The summed E-state index contributed by atoms with van der Waals surface area (Å²) >= 11 is 0. The van der Waals surface area contributed by atoms with Gasteiger partial charge in [-0.3, -0.25) is 0 Å². The van der Waals surface area contributed by atoms with Crippen molar-refractivity contribution in [3.8, 4) is 0 Å². The maximum Gasteiger partial charge on any atom is 0.480 e. The van der Waals surface area contributed by atoms with E-state index in [0.717, 1.165) is 12.5 Å². The summed E-state index contributed by atoms with van der Waals surface area (Å²) in [5.74, 6) is 0. The van der Waals surface area contributed by atoms with E-state index in [1.54, 1.807) is 7.11 Å². The zero-order valence-electron chi connectivity index (χ0n) is 12.7. The third-order valence-electron chi connectivity index (χ3n) is 2.69. The van der Waals surface area contributed by atoms with Crippen molar-refractivity contribution in [1.82, 2.24) is 0 Å². The molecule has 106 valence electrons. The Morgan fingerprint density at radius 1 is 0.944 bits per heavy atom. The van der Waals surface area contributed by atoms with Gasteiger partial charge < -0.3 is 12.7 Å². The van der Waals surface area contributed by atoms with E-state index in [1.807, 2.05) is 11.4 Å². The average Bonchev–Trinajstić information content (AvgIpc) is 2.28. The lowest BCUT2D eigenvalue weighted by molar-refractivity contribution is 0.200. The van der Waals surface area contributed by atoms with Gasteiger partial charge in [0.2, 0.25) is 16.6 Å². The summed E-state index contributed by atoms with van der Waals surface area (Å²) in [6.07, 6.45) is 0.989. The van der Waals surface area contributed by atoms with Crippen molar-refractivity contribution in [2.75, 3.05) is 7.11 Å². The van der Waals surface area contributed by atoms with Crippen LogP contribution >= 0.6 is 0 Å². The fourth-order valence-electron chi connectivity index (χ4n) is 1.50. The molecule has 0 aromatic heterocycles. The molecule has 0 spiro atoms. The molecule has 0 aromatic carbocycles. The van der Waals surface area contributed by atoms with Crippen LogP contribution in [-0.4, -0.2) is 32.5 Å². The smallest absolute Gasteiger partial charge is 0.412 e. The molecule has 0 rings (SSSR count). The van der Waals surface area contributed by atoms with Crippen molar-refractivity contribution >= 4 is 25.4 Å². The monoisotopic (exact) mass is 304 g/mol. The van der Waals surface area contributed by atoms with E-state index in [2.05, 4.69) is 46.3 Å². The van der Waals surface area contributed by atoms with Crippen LogP contribution in [0.4, 0.5) is 0 Å². The Morgan fingerprint density at radius 2 is 1.33 bits per heavy atom. The van der Waals surface area contributed by atoms with E-state index < -0.39 is 25.4 Å². The van der Waals surface area contributed by atoms with Crippen molar-refractivity contribution < 1.29 is 12.7 Å². The SMILES string of the molecule is C=C[Si](C)(C)O[Si](CCC)(OC)O[Si](C)(C)C=C. The molecule has 0 amide bonds. The summed E-state index contributed by atoms with van der Waals surface area (Å²) < 4.78 is 18.3. The van der Waals surface area contributed by atoms with Crippen LogP contribution in [0.1, 0.15) is 13.3 Å². The highest BCUT2D eigenvalue weighted by molar-refractivity contribution is 6.89. The summed E-state index contributed by atoms with van der Waals surface area (Å²) in [5.41, 5.74) is 3.85. The summed E-state index contributed by atoms with van der Waals surface area (Å²) in [6.45, 7) is 18.3. The Morgan fingerprint density at radius 3 is 1.56 bits per heavy atom. The molecule has 0 saturated carbocycles. The third kappa shape index (κ3) is 5.77. The van der Waals surface area contributed by atoms with Gasteiger partial charge in [0.1, 0.15) is 0 Å². The molecule has 0 aromatic rings. The van der Waals surface area contributed by atoms with Gasteiger partial charge in [0.15, 0.2) is 0 Å². The second kappa shape index (κ2) is 6.97. The van der Waals surface area contributed by atoms with Crippen molar-refractivity contribution in [2.45, 2.75) is 45.6 Å². The average molecular weight is 305 g/mol. The Balaban J connectivity index is 5.15. The van der Waals surface area contributed by atoms with Crippen LogP contribution in [0.15, 0.2) is 24.6 Å². The van der Waals surface area contributed by atoms with Gasteiger partial charge in [-0.1, -0.05) is 24.7 Å². The minimum Gasteiger partial charge on any atom is -0.412 e. The first kappa shape index (κ1) is 18.0. The maximum absolute atomic E-state index is 6.30.